The molecule has 0 aliphatic heterocycles. The lowest BCUT2D eigenvalue weighted by atomic mass is 10.2. The van der Waals surface area contributed by atoms with Crippen LogP contribution in [0.15, 0.2) is 18.5 Å². The summed E-state index contributed by atoms with van der Waals surface area (Å²) in [5.41, 5.74) is 1.51. The van der Waals surface area contributed by atoms with E-state index in [9.17, 15) is 4.79 Å². The van der Waals surface area contributed by atoms with Crippen molar-refractivity contribution in [1.82, 2.24) is 15.2 Å². The molecule has 0 spiro atoms. The molecular formula is C15H26N4O. The molecule has 112 valence electrons. The summed E-state index contributed by atoms with van der Waals surface area (Å²) in [7, 11) is 3.96. The molecule has 20 heavy (non-hydrogen) atoms. The zero-order valence-electron chi connectivity index (χ0n) is 12.8. The highest BCUT2D eigenvalue weighted by Gasteiger charge is 2.06. The highest BCUT2D eigenvalue weighted by atomic mass is 16.1. The van der Waals surface area contributed by atoms with Gasteiger partial charge >= 0.3 is 0 Å². The second kappa shape index (κ2) is 9.31. The number of likely N-dealkylation sites (N-methyl/N-ethyl adjacent to an activating group) is 1. The minimum atomic E-state index is -0.0726. The Kier molecular flexibility index (Phi) is 7.65. The lowest BCUT2D eigenvalue weighted by Crippen LogP contribution is -2.31. The van der Waals surface area contributed by atoms with E-state index in [1.807, 2.05) is 25.1 Å². The van der Waals surface area contributed by atoms with Crippen LogP contribution >= 0.6 is 0 Å². The molecule has 1 amide bonds. The van der Waals surface area contributed by atoms with E-state index in [1.54, 1.807) is 12.4 Å². The molecular weight excluding hydrogens is 252 g/mol. The van der Waals surface area contributed by atoms with Crippen LogP contribution in [0.1, 0.15) is 36.5 Å². The van der Waals surface area contributed by atoms with Gasteiger partial charge in [0.2, 0.25) is 0 Å². The molecule has 0 atom stereocenters. The number of amides is 1. The Morgan fingerprint density at radius 2 is 2.05 bits per heavy atom. The number of pyridine rings is 1. The van der Waals surface area contributed by atoms with E-state index in [1.165, 1.54) is 12.8 Å². The number of hydrogen-bond donors (Lipinski definition) is 2. The summed E-state index contributed by atoms with van der Waals surface area (Å²) in [4.78, 5) is 18.1. The SMILES string of the molecule is CCCCCNc1cncc(C(=O)NCCN(C)C)c1. The van der Waals surface area contributed by atoms with Crippen molar-refractivity contribution in [3.63, 3.8) is 0 Å². The lowest BCUT2D eigenvalue weighted by Gasteiger charge is -2.11. The average Bonchev–Trinajstić information content (AvgIpc) is 2.43. The first kappa shape index (κ1) is 16.4. The number of aromatic nitrogens is 1. The van der Waals surface area contributed by atoms with E-state index in [0.29, 0.717) is 12.1 Å². The number of carbonyl (C=O) groups is 1. The Balaban J connectivity index is 2.43. The molecule has 0 aromatic carbocycles. The molecule has 0 fully saturated rings. The monoisotopic (exact) mass is 278 g/mol. The summed E-state index contributed by atoms with van der Waals surface area (Å²) in [5.74, 6) is -0.0726. The normalized spacial score (nSPS) is 10.6. The Bertz CT molecular complexity index is 407. The number of unbranched alkanes of at least 4 members (excludes halogenated alkanes) is 2. The maximum atomic E-state index is 12.0. The summed E-state index contributed by atoms with van der Waals surface area (Å²) in [6.45, 7) is 4.57. The number of nitrogens with one attached hydrogen (secondary N) is 2. The van der Waals surface area contributed by atoms with Gasteiger partial charge in [-0.05, 0) is 26.6 Å². The molecule has 0 unspecified atom stereocenters. The highest BCUT2D eigenvalue weighted by Crippen LogP contribution is 2.08. The van der Waals surface area contributed by atoms with Crippen LogP contribution in [0.3, 0.4) is 0 Å². The number of anilines is 1. The van der Waals surface area contributed by atoms with Crippen LogP contribution in [0.4, 0.5) is 5.69 Å². The summed E-state index contributed by atoms with van der Waals surface area (Å²) >= 11 is 0. The molecule has 1 aromatic heterocycles. The van der Waals surface area contributed by atoms with Crippen LogP contribution in [0.2, 0.25) is 0 Å². The Hall–Kier alpha value is -1.62. The molecule has 0 bridgehead atoms. The molecule has 5 nitrogen and oxygen atoms in total. The fraction of sp³-hybridized carbons (Fsp3) is 0.600. The maximum Gasteiger partial charge on any atom is 0.252 e. The van der Waals surface area contributed by atoms with Gasteiger partial charge in [-0.25, -0.2) is 0 Å². The van der Waals surface area contributed by atoms with Crippen LogP contribution < -0.4 is 10.6 Å². The first-order chi connectivity index (χ1) is 9.63. The second-order valence-corrected chi connectivity index (χ2v) is 5.16. The van der Waals surface area contributed by atoms with Crippen molar-refractivity contribution in [2.75, 3.05) is 39.0 Å². The van der Waals surface area contributed by atoms with Gasteiger partial charge in [0.1, 0.15) is 0 Å². The van der Waals surface area contributed by atoms with Crippen molar-refractivity contribution in [3.8, 4) is 0 Å². The van der Waals surface area contributed by atoms with Crippen LogP contribution in [-0.2, 0) is 0 Å². The van der Waals surface area contributed by atoms with Crippen LogP contribution in [-0.4, -0.2) is 49.5 Å². The summed E-state index contributed by atoms with van der Waals surface area (Å²) < 4.78 is 0. The molecule has 0 saturated heterocycles. The Morgan fingerprint density at radius 3 is 2.75 bits per heavy atom. The third-order valence-corrected chi connectivity index (χ3v) is 2.95. The minimum Gasteiger partial charge on any atom is -0.384 e. The molecule has 2 N–H and O–H groups in total. The third kappa shape index (κ3) is 6.52. The van der Waals surface area contributed by atoms with Gasteiger partial charge in [-0.2, -0.15) is 0 Å². The first-order valence-corrected chi connectivity index (χ1v) is 7.25. The second-order valence-electron chi connectivity index (χ2n) is 5.16. The van der Waals surface area contributed by atoms with Gasteiger partial charge in [-0.1, -0.05) is 19.8 Å². The van der Waals surface area contributed by atoms with Gasteiger partial charge in [-0.15, -0.1) is 0 Å². The largest absolute Gasteiger partial charge is 0.384 e. The molecule has 1 rings (SSSR count). The Labute approximate surface area is 121 Å². The molecule has 0 saturated carbocycles. The number of nitrogens with zero attached hydrogens (tertiary/aromatic N) is 2. The van der Waals surface area contributed by atoms with Crippen molar-refractivity contribution >= 4 is 11.6 Å². The van der Waals surface area contributed by atoms with Crippen molar-refractivity contribution in [3.05, 3.63) is 24.0 Å². The predicted molar refractivity (Wildman–Crippen MR) is 83.1 cm³/mol. The predicted octanol–water partition coefficient (Wildman–Crippen LogP) is 1.98. The van der Waals surface area contributed by atoms with E-state index in [-0.39, 0.29) is 5.91 Å². The van der Waals surface area contributed by atoms with E-state index in [0.717, 1.165) is 25.2 Å². The zero-order chi connectivity index (χ0) is 14.8. The van der Waals surface area contributed by atoms with Gasteiger partial charge in [0.05, 0.1) is 11.3 Å². The van der Waals surface area contributed by atoms with Crippen molar-refractivity contribution in [2.24, 2.45) is 0 Å². The average molecular weight is 278 g/mol. The van der Waals surface area contributed by atoms with Crippen LogP contribution in [0, 0.1) is 0 Å². The van der Waals surface area contributed by atoms with Gasteiger partial charge in [0.25, 0.3) is 5.91 Å². The van der Waals surface area contributed by atoms with E-state index in [2.05, 4.69) is 22.5 Å². The van der Waals surface area contributed by atoms with Gasteiger partial charge < -0.3 is 15.5 Å². The van der Waals surface area contributed by atoms with Crippen molar-refractivity contribution < 1.29 is 4.79 Å². The van der Waals surface area contributed by atoms with E-state index in [4.69, 9.17) is 0 Å². The fourth-order valence-electron chi connectivity index (χ4n) is 1.76. The topological polar surface area (TPSA) is 57.3 Å². The van der Waals surface area contributed by atoms with E-state index >= 15 is 0 Å². The summed E-state index contributed by atoms with van der Waals surface area (Å²) in [5, 5.41) is 6.18. The highest BCUT2D eigenvalue weighted by molar-refractivity contribution is 5.94. The molecule has 1 aromatic rings. The molecule has 0 aliphatic carbocycles. The minimum absolute atomic E-state index is 0.0726. The molecule has 0 radical (unpaired) electrons. The molecule has 1 heterocycles. The van der Waals surface area contributed by atoms with Crippen LogP contribution in [0.25, 0.3) is 0 Å². The summed E-state index contributed by atoms with van der Waals surface area (Å²) in [6, 6.07) is 1.85. The van der Waals surface area contributed by atoms with E-state index < -0.39 is 0 Å². The lowest BCUT2D eigenvalue weighted by molar-refractivity contribution is 0.0950. The van der Waals surface area contributed by atoms with Gasteiger partial charge in [0, 0.05) is 32.0 Å². The zero-order valence-corrected chi connectivity index (χ0v) is 12.8. The fourth-order valence-corrected chi connectivity index (χ4v) is 1.76. The third-order valence-electron chi connectivity index (χ3n) is 2.95. The standard InChI is InChI=1S/C15H26N4O/c1-4-5-6-7-17-14-10-13(11-16-12-14)15(20)18-8-9-19(2)3/h10-12,17H,4-9H2,1-3H3,(H,18,20). The first-order valence-electron chi connectivity index (χ1n) is 7.25. The number of hydrogen-bond acceptors (Lipinski definition) is 4. The molecule has 5 heteroatoms. The Morgan fingerprint density at radius 1 is 1.25 bits per heavy atom. The number of carbonyl (C=O) groups excluding carboxylic acids is 1. The van der Waals surface area contributed by atoms with Crippen molar-refractivity contribution in [2.45, 2.75) is 26.2 Å². The summed E-state index contributed by atoms with van der Waals surface area (Å²) in [6.07, 6.45) is 6.90. The van der Waals surface area contributed by atoms with Gasteiger partial charge in [0.15, 0.2) is 0 Å². The quantitative estimate of drug-likeness (QED) is 0.678. The van der Waals surface area contributed by atoms with Gasteiger partial charge in [-0.3, -0.25) is 9.78 Å². The van der Waals surface area contributed by atoms with Crippen LogP contribution in [0.5, 0.6) is 0 Å². The molecule has 0 aliphatic rings. The number of rotatable bonds is 9. The smallest absolute Gasteiger partial charge is 0.252 e. The van der Waals surface area contributed by atoms with Crippen molar-refractivity contribution in [1.29, 1.82) is 0 Å². The maximum absolute atomic E-state index is 12.0.